The number of pyridine rings is 1. The monoisotopic (exact) mass is 489 g/mol. The lowest BCUT2D eigenvalue weighted by atomic mass is 10.1. The molecule has 5 aromatic rings. The van der Waals surface area contributed by atoms with Crippen molar-refractivity contribution in [2.75, 3.05) is 24.3 Å². The van der Waals surface area contributed by atoms with Crippen LogP contribution in [0.2, 0.25) is 5.02 Å². The van der Waals surface area contributed by atoms with Crippen LogP contribution in [0.25, 0.3) is 27.8 Å². The van der Waals surface area contributed by atoms with Gasteiger partial charge in [0.25, 0.3) is 5.56 Å². The van der Waals surface area contributed by atoms with Crippen LogP contribution in [0.15, 0.2) is 47.7 Å². The summed E-state index contributed by atoms with van der Waals surface area (Å²) in [4.78, 5) is 41.2. The molecule has 1 fully saturated rings. The Hall–Kier alpha value is -4.25. The molecule has 4 aromatic heterocycles. The number of methoxy groups -OCH3 is 1. The molecular formula is C23H20ClN9O2. The second-order valence-electron chi connectivity index (χ2n) is 8.16. The normalized spacial score (nSPS) is 15.8. The van der Waals surface area contributed by atoms with Crippen LogP contribution < -0.4 is 20.9 Å². The van der Waals surface area contributed by atoms with Crippen molar-refractivity contribution in [2.24, 2.45) is 0 Å². The third-order valence-corrected chi connectivity index (χ3v) is 6.48. The minimum absolute atomic E-state index is 0.125. The molecule has 0 bridgehead atoms. The van der Waals surface area contributed by atoms with Gasteiger partial charge >= 0.3 is 0 Å². The Balaban J connectivity index is 1.60. The predicted octanol–water partition coefficient (Wildman–Crippen LogP) is 3.03. The van der Waals surface area contributed by atoms with Gasteiger partial charge in [0.2, 0.25) is 11.8 Å². The van der Waals surface area contributed by atoms with Gasteiger partial charge < -0.3 is 20.4 Å². The molecule has 6 rings (SSSR count). The van der Waals surface area contributed by atoms with Crippen LogP contribution in [0.1, 0.15) is 24.7 Å². The first-order valence-corrected chi connectivity index (χ1v) is 11.4. The summed E-state index contributed by atoms with van der Waals surface area (Å²) in [5.74, 6) is 1.74. The van der Waals surface area contributed by atoms with Gasteiger partial charge in [-0.3, -0.25) is 9.36 Å². The summed E-state index contributed by atoms with van der Waals surface area (Å²) in [6.45, 7) is 0.694. The van der Waals surface area contributed by atoms with Gasteiger partial charge in [-0.2, -0.15) is 9.97 Å². The number of benzene rings is 1. The predicted molar refractivity (Wildman–Crippen MR) is 132 cm³/mol. The van der Waals surface area contributed by atoms with Gasteiger partial charge in [0, 0.05) is 12.6 Å². The highest BCUT2D eigenvalue weighted by molar-refractivity contribution is 6.35. The molecule has 1 aliphatic rings. The van der Waals surface area contributed by atoms with Crippen molar-refractivity contribution in [3.63, 3.8) is 0 Å². The molecule has 0 unspecified atom stereocenters. The van der Waals surface area contributed by atoms with Crippen molar-refractivity contribution in [1.29, 1.82) is 0 Å². The maximum Gasteiger partial charge on any atom is 0.267 e. The number of halogens is 1. The number of imidazole rings is 1. The smallest absolute Gasteiger partial charge is 0.267 e. The summed E-state index contributed by atoms with van der Waals surface area (Å²) in [5.41, 5.74) is 7.95. The van der Waals surface area contributed by atoms with E-state index in [1.807, 2.05) is 0 Å². The lowest BCUT2D eigenvalue weighted by molar-refractivity contribution is 0.397. The third kappa shape index (κ3) is 3.43. The maximum atomic E-state index is 13.8. The van der Waals surface area contributed by atoms with E-state index >= 15 is 0 Å². The van der Waals surface area contributed by atoms with E-state index < -0.39 is 0 Å². The van der Waals surface area contributed by atoms with Gasteiger partial charge in [0.1, 0.15) is 11.3 Å². The number of fused-ring (bicyclic) bond motifs is 2. The Bertz CT molecular complexity index is 1630. The van der Waals surface area contributed by atoms with Crippen LogP contribution in [0.5, 0.6) is 5.88 Å². The Morgan fingerprint density at radius 3 is 2.86 bits per heavy atom. The molecule has 1 aromatic carbocycles. The SMILES string of the molecule is COc1ccc(-n2c([C@@H]3CCCN3c3nc(N)nc4nc[nH]c34)nc3cccc(Cl)c3c2=O)cn1. The number of rotatable bonds is 4. The summed E-state index contributed by atoms with van der Waals surface area (Å²) in [6, 6.07) is 8.46. The molecule has 0 saturated carbocycles. The molecule has 5 heterocycles. The summed E-state index contributed by atoms with van der Waals surface area (Å²) in [5, 5.41) is 0.688. The zero-order valence-electron chi connectivity index (χ0n) is 18.6. The number of H-pyrrole nitrogens is 1. The number of nitrogen functional groups attached to an aromatic ring is 1. The number of aromatic nitrogens is 7. The molecule has 0 spiro atoms. The Labute approximate surface area is 203 Å². The molecular weight excluding hydrogens is 470 g/mol. The van der Waals surface area contributed by atoms with Crippen LogP contribution in [-0.4, -0.2) is 48.1 Å². The first-order valence-electron chi connectivity index (χ1n) is 11.0. The van der Waals surface area contributed by atoms with Crippen LogP contribution in [0, 0.1) is 0 Å². The van der Waals surface area contributed by atoms with Gasteiger partial charge in [0.15, 0.2) is 11.5 Å². The fraction of sp³-hybridized carbons (Fsp3) is 0.217. The maximum absolute atomic E-state index is 13.8. The standard InChI is InChI=1S/C23H20ClN9O2/c1-35-16-8-7-12(10-26-16)33-20(29-14-5-2-4-13(24)17(14)22(33)34)15-6-3-9-32(15)21-18-19(28-11-27-18)30-23(25)31-21/h2,4-5,7-8,10-11,15H,3,6,9H2,1H3,(H3,25,27,28,30,31)/t15-/m0/s1. The van der Waals surface area contributed by atoms with Crippen molar-refractivity contribution in [3.8, 4) is 11.6 Å². The Morgan fingerprint density at radius 2 is 2.06 bits per heavy atom. The number of hydrogen-bond acceptors (Lipinski definition) is 9. The van der Waals surface area contributed by atoms with Gasteiger partial charge in [0.05, 0.1) is 47.3 Å². The van der Waals surface area contributed by atoms with Crippen molar-refractivity contribution >= 4 is 45.4 Å². The van der Waals surface area contributed by atoms with E-state index in [1.165, 1.54) is 7.11 Å². The van der Waals surface area contributed by atoms with Crippen molar-refractivity contribution in [2.45, 2.75) is 18.9 Å². The number of nitrogens with zero attached hydrogens (tertiary/aromatic N) is 7. The zero-order valence-corrected chi connectivity index (χ0v) is 19.4. The largest absolute Gasteiger partial charge is 0.481 e. The zero-order chi connectivity index (χ0) is 24.1. The van der Waals surface area contributed by atoms with Crippen LogP contribution in [-0.2, 0) is 0 Å². The van der Waals surface area contributed by atoms with E-state index in [4.69, 9.17) is 27.1 Å². The lowest BCUT2D eigenvalue weighted by Gasteiger charge is -2.28. The molecule has 0 radical (unpaired) electrons. The minimum atomic E-state index is -0.275. The Kier molecular flexibility index (Phi) is 4.99. The highest BCUT2D eigenvalue weighted by atomic mass is 35.5. The minimum Gasteiger partial charge on any atom is -0.481 e. The molecule has 11 nitrogen and oxygen atoms in total. The molecule has 0 amide bonds. The van der Waals surface area contributed by atoms with Crippen LogP contribution in [0.3, 0.4) is 0 Å². The summed E-state index contributed by atoms with van der Waals surface area (Å²) < 4.78 is 6.76. The van der Waals surface area contributed by atoms with E-state index in [-0.39, 0.29) is 17.5 Å². The number of hydrogen-bond donors (Lipinski definition) is 2. The van der Waals surface area contributed by atoms with E-state index in [2.05, 4.69) is 29.8 Å². The van der Waals surface area contributed by atoms with E-state index in [0.717, 1.165) is 12.8 Å². The number of anilines is 2. The summed E-state index contributed by atoms with van der Waals surface area (Å²) in [7, 11) is 1.54. The molecule has 176 valence electrons. The third-order valence-electron chi connectivity index (χ3n) is 6.17. The van der Waals surface area contributed by atoms with Crippen molar-refractivity contribution in [3.05, 3.63) is 64.1 Å². The first-order chi connectivity index (χ1) is 17.0. The van der Waals surface area contributed by atoms with Crippen LogP contribution >= 0.6 is 11.6 Å². The van der Waals surface area contributed by atoms with Gasteiger partial charge in [-0.15, -0.1) is 0 Å². The number of nitrogens with one attached hydrogen (secondary N) is 1. The summed E-state index contributed by atoms with van der Waals surface area (Å²) in [6.07, 6.45) is 4.77. The molecule has 3 N–H and O–H groups in total. The first kappa shape index (κ1) is 21.3. The topological polar surface area (TPSA) is 141 Å². The fourth-order valence-electron chi connectivity index (χ4n) is 4.64. The van der Waals surface area contributed by atoms with Crippen LogP contribution in [0.4, 0.5) is 11.8 Å². The highest BCUT2D eigenvalue weighted by Gasteiger charge is 2.34. The molecule has 35 heavy (non-hydrogen) atoms. The number of ether oxygens (including phenoxy) is 1. The van der Waals surface area contributed by atoms with Crippen molar-refractivity contribution in [1.82, 2.24) is 34.5 Å². The molecule has 1 saturated heterocycles. The second kappa shape index (κ2) is 8.20. The molecule has 1 aliphatic heterocycles. The second-order valence-corrected chi connectivity index (χ2v) is 8.57. The molecule has 12 heteroatoms. The molecule has 0 aliphatic carbocycles. The quantitative estimate of drug-likeness (QED) is 0.389. The van der Waals surface area contributed by atoms with Gasteiger partial charge in [-0.1, -0.05) is 17.7 Å². The average Bonchev–Trinajstić information content (AvgIpc) is 3.53. The number of nitrogens with two attached hydrogens (primary N) is 1. The number of aromatic amines is 1. The Morgan fingerprint density at radius 1 is 1.17 bits per heavy atom. The van der Waals surface area contributed by atoms with Crippen molar-refractivity contribution < 1.29 is 4.74 Å². The van der Waals surface area contributed by atoms with Gasteiger partial charge in [-0.05, 0) is 31.0 Å². The molecule has 1 atom stereocenters. The van der Waals surface area contributed by atoms with E-state index in [9.17, 15) is 4.79 Å². The van der Waals surface area contributed by atoms with E-state index in [0.29, 0.717) is 56.8 Å². The lowest BCUT2D eigenvalue weighted by Crippen LogP contribution is -2.32. The fourth-order valence-corrected chi connectivity index (χ4v) is 4.89. The summed E-state index contributed by atoms with van der Waals surface area (Å²) >= 11 is 6.43. The highest BCUT2D eigenvalue weighted by Crippen LogP contribution is 2.38. The van der Waals surface area contributed by atoms with E-state index in [1.54, 1.807) is 47.4 Å². The van der Waals surface area contributed by atoms with Gasteiger partial charge in [-0.25, -0.2) is 15.0 Å². The average molecular weight is 490 g/mol.